The number of nitrogens with one attached hydrogen (secondary N) is 1. The number of amides is 2. The summed E-state index contributed by atoms with van der Waals surface area (Å²) in [5.41, 5.74) is 1.89. The Labute approximate surface area is 199 Å². The monoisotopic (exact) mass is 463 g/mol. The van der Waals surface area contributed by atoms with E-state index in [1.54, 1.807) is 0 Å². The number of piperazine rings is 1. The lowest BCUT2D eigenvalue weighted by Crippen LogP contribution is -2.68. The number of aromatic nitrogens is 2. The van der Waals surface area contributed by atoms with E-state index in [0.29, 0.717) is 30.0 Å². The molecule has 1 aliphatic carbocycles. The highest BCUT2D eigenvalue weighted by atomic mass is 19.1. The molecule has 3 fully saturated rings. The molecule has 8 nitrogen and oxygen atoms in total. The summed E-state index contributed by atoms with van der Waals surface area (Å²) in [4.78, 5) is 28.1. The average molecular weight is 464 g/mol. The fourth-order valence-corrected chi connectivity index (χ4v) is 5.89. The van der Waals surface area contributed by atoms with Crippen molar-refractivity contribution in [2.45, 2.75) is 51.4 Å². The molecule has 1 aromatic carbocycles. The molecule has 0 bridgehead atoms. The number of nitrogens with zero attached hydrogens (tertiary/aromatic N) is 6. The number of carbonyl (C=O) groups is 1. The van der Waals surface area contributed by atoms with Gasteiger partial charge < -0.3 is 15.1 Å². The van der Waals surface area contributed by atoms with E-state index in [0.717, 1.165) is 38.0 Å². The molecule has 34 heavy (non-hydrogen) atoms. The first-order valence-electron chi connectivity index (χ1n) is 11.9. The minimum atomic E-state index is -0.200. The lowest BCUT2D eigenvalue weighted by atomic mass is 9.60. The molecule has 3 heterocycles. The molecule has 1 spiro atoms. The number of carbonyl (C=O) groups excluding carboxylic acids is 1. The molecule has 2 aliphatic heterocycles. The first-order valence-corrected chi connectivity index (χ1v) is 11.9. The number of likely N-dealkylation sites (tertiary alicyclic amines) is 1. The molecule has 5 rings (SSSR count). The molecular formula is C25H30FN7O. The second kappa shape index (κ2) is 8.84. The Morgan fingerprint density at radius 3 is 2.35 bits per heavy atom. The highest BCUT2D eigenvalue weighted by molar-refractivity contribution is 5.76. The fourth-order valence-electron chi connectivity index (χ4n) is 5.89. The van der Waals surface area contributed by atoms with E-state index in [4.69, 9.17) is 5.26 Å². The Kier molecular flexibility index (Phi) is 5.86. The molecule has 1 N–H and O–H groups in total. The fraction of sp³-hybridized carbons (Fsp3) is 0.520. The summed E-state index contributed by atoms with van der Waals surface area (Å²) >= 11 is 0. The smallest absolute Gasteiger partial charge is 0.318 e. The molecule has 3 aliphatic rings. The number of nitriles is 1. The molecule has 178 valence electrons. The van der Waals surface area contributed by atoms with Crippen LogP contribution in [0.3, 0.4) is 0 Å². The van der Waals surface area contributed by atoms with Crippen molar-refractivity contribution in [3.8, 4) is 6.07 Å². The first kappa shape index (κ1) is 22.5. The van der Waals surface area contributed by atoms with E-state index < -0.39 is 0 Å². The molecule has 2 atom stereocenters. The second-order valence-corrected chi connectivity index (χ2v) is 10.2. The standard InChI is InChI=1S/C25H30FN7O/c1-17-12-32(23-28-10-20(9-27)11-29-23)13-18(2)33(17)24(34)30-22-7-25(8-22)15-31(16-25)14-19-3-5-21(26)6-4-19/h3-6,10-11,17-18,22H,7-8,12-16H2,1-2H3,(H,30,34)/t17-,18-/m1/s1. The summed E-state index contributed by atoms with van der Waals surface area (Å²) < 4.78 is 13.1. The summed E-state index contributed by atoms with van der Waals surface area (Å²) in [7, 11) is 0. The summed E-state index contributed by atoms with van der Waals surface area (Å²) in [6.45, 7) is 8.31. The van der Waals surface area contributed by atoms with Gasteiger partial charge in [0, 0.05) is 50.8 Å². The average Bonchev–Trinajstić information content (AvgIpc) is 2.77. The van der Waals surface area contributed by atoms with Gasteiger partial charge in [0.1, 0.15) is 11.9 Å². The minimum absolute atomic E-state index is 0.00254. The Morgan fingerprint density at radius 1 is 1.15 bits per heavy atom. The molecule has 0 unspecified atom stereocenters. The van der Waals surface area contributed by atoms with Crippen LogP contribution in [-0.4, -0.2) is 70.1 Å². The van der Waals surface area contributed by atoms with Gasteiger partial charge in [-0.25, -0.2) is 19.2 Å². The largest absolute Gasteiger partial charge is 0.337 e. The van der Waals surface area contributed by atoms with E-state index in [1.807, 2.05) is 36.9 Å². The van der Waals surface area contributed by atoms with Gasteiger partial charge in [0.25, 0.3) is 0 Å². The number of benzene rings is 1. The third-order valence-electron chi connectivity index (χ3n) is 7.33. The maximum Gasteiger partial charge on any atom is 0.318 e. The number of rotatable bonds is 4. The highest BCUT2D eigenvalue weighted by Gasteiger charge is 2.52. The van der Waals surface area contributed by atoms with E-state index >= 15 is 0 Å². The Hall–Kier alpha value is -3.25. The van der Waals surface area contributed by atoms with Crippen molar-refractivity contribution < 1.29 is 9.18 Å². The normalized spacial score (nSPS) is 24.3. The van der Waals surface area contributed by atoms with Crippen molar-refractivity contribution in [2.75, 3.05) is 31.1 Å². The van der Waals surface area contributed by atoms with Crippen LogP contribution < -0.4 is 10.2 Å². The Bertz CT molecular complexity index is 1060. The van der Waals surface area contributed by atoms with Crippen molar-refractivity contribution in [3.05, 3.63) is 53.6 Å². The third-order valence-corrected chi connectivity index (χ3v) is 7.33. The van der Waals surface area contributed by atoms with Gasteiger partial charge in [0.15, 0.2) is 0 Å². The van der Waals surface area contributed by atoms with Crippen LogP contribution in [0.2, 0.25) is 0 Å². The van der Waals surface area contributed by atoms with Gasteiger partial charge in [-0.1, -0.05) is 12.1 Å². The summed E-state index contributed by atoms with van der Waals surface area (Å²) in [6.07, 6.45) is 5.09. The maximum atomic E-state index is 13.1. The van der Waals surface area contributed by atoms with E-state index in [9.17, 15) is 9.18 Å². The molecule has 1 aromatic heterocycles. The predicted molar refractivity (Wildman–Crippen MR) is 125 cm³/mol. The maximum absolute atomic E-state index is 13.1. The highest BCUT2D eigenvalue weighted by Crippen LogP contribution is 2.48. The molecule has 2 saturated heterocycles. The zero-order valence-corrected chi connectivity index (χ0v) is 19.6. The van der Waals surface area contributed by atoms with Crippen molar-refractivity contribution in [2.24, 2.45) is 5.41 Å². The topological polar surface area (TPSA) is 88.4 Å². The van der Waals surface area contributed by atoms with Crippen LogP contribution in [0.25, 0.3) is 0 Å². The van der Waals surface area contributed by atoms with Crippen LogP contribution >= 0.6 is 0 Å². The van der Waals surface area contributed by atoms with Crippen LogP contribution in [0.5, 0.6) is 0 Å². The van der Waals surface area contributed by atoms with Crippen molar-refractivity contribution in [1.82, 2.24) is 25.1 Å². The van der Waals surface area contributed by atoms with Gasteiger partial charge in [0.05, 0.1) is 18.0 Å². The van der Waals surface area contributed by atoms with Gasteiger partial charge in [-0.05, 0) is 49.8 Å². The van der Waals surface area contributed by atoms with Gasteiger partial charge in [-0.15, -0.1) is 0 Å². The van der Waals surface area contributed by atoms with Crippen LogP contribution in [0.15, 0.2) is 36.7 Å². The molecule has 0 radical (unpaired) electrons. The molecule has 2 aromatic rings. The molecular weight excluding hydrogens is 433 g/mol. The SMILES string of the molecule is C[C@@H]1CN(c2ncc(C#N)cn2)C[C@@H](C)N1C(=O)NC1CC2(C1)CN(Cc1ccc(F)cc1)C2. The number of urea groups is 1. The zero-order chi connectivity index (χ0) is 23.9. The number of hydrogen-bond acceptors (Lipinski definition) is 6. The van der Waals surface area contributed by atoms with Crippen LogP contribution in [-0.2, 0) is 6.54 Å². The minimum Gasteiger partial charge on any atom is -0.337 e. The summed E-state index contributed by atoms with van der Waals surface area (Å²) in [5.74, 6) is 0.392. The summed E-state index contributed by atoms with van der Waals surface area (Å²) in [5, 5.41) is 12.2. The first-order chi connectivity index (χ1) is 16.3. The van der Waals surface area contributed by atoms with Crippen molar-refractivity contribution in [3.63, 3.8) is 0 Å². The third kappa shape index (κ3) is 4.42. The molecule has 2 amide bonds. The quantitative estimate of drug-likeness (QED) is 0.750. The van der Waals surface area contributed by atoms with Crippen LogP contribution in [0.4, 0.5) is 15.1 Å². The second-order valence-electron chi connectivity index (χ2n) is 10.2. The molecule has 1 saturated carbocycles. The number of halogens is 1. The van der Waals surface area contributed by atoms with E-state index in [-0.39, 0.29) is 30.0 Å². The zero-order valence-electron chi connectivity index (χ0n) is 19.6. The van der Waals surface area contributed by atoms with Gasteiger partial charge in [0.2, 0.25) is 5.95 Å². The Morgan fingerprint density at radius 2 is 1.76 bits per heavy atom. The van der Waals surface area contributed by atoms with E-state index in [1.165, 1.54) is 24.5 Å². The number of anilines is 1. The van der Waals surface area contributed by atoms with Crippen LogP contribution in [0, 0.1) is 22.6 Å². The van der Waals surface area contributed by atoms with E-state index in [2.05, 4.69) is 25.1 Å². The van der Waals surface area contributed by atoms with Crippen molar-refractivity contribution in [1.29, 1.82) is 5.26 Å². The lowest BCUT2D eigenvalue weighted by molar-refractivity contribution is -0.0813. The van der Waals surface area contributed by atoms with Crippen molar-refractivity contribution >= 4 is 12.0 Å². The van der Waals surface area contributed by atoms with Gasteiger partial charge in [-0.3, -0.25) is 4.90 Å². The summed E-state index contributed by atoms with van der Waals surface area (Å²) in [6, 6.07) is 9.02. The molecule has 9 heteroatoms. The number of hydrogen-bond donors (Lipinski definition) is 1. The van der Waals surface area contributed by atoms with Gasteiger partial charge >= 0.3 is 6.03 Å². The predicted octanol–water partition coefficient (Wildman–Crippen LogP) is 2.76. The van der Waals surface area contributed by atoms with Crippen LogP contribution in [0.1, 0.15) is 37.8 Å². The van der Waals surface area contributed by atoms with Gasteiger partial charge in [-0.2, -0.15) is 5.26 Å². The lowest BCUT2D eigenvalue weighted by Gasteiger charge is -2.59. The Balaban J connectivity index is 1.08.